The highest BCUT2D eigenvalue weighted by Gasteiger charge is 2.16. The van der Waals surface area contributed by atoms with Crippen molar-refractivity contribution in [3.05, 3.63) is 10.6 Å². The Morgan fingerprint density at radius 3 is 2.56 bits per heavy atom. The number of carbonyl (C=O) groups is 2. The van der Waals surface area contributed by atoms with Crippen LogP contribution in [-0.2, 0) is 11.2 Å². The summed E-state index contributed by atoms with van der Waals surface area (Å²) < 4.78 is 0. The third kappa shape index (κ3) is 3.03. The first-order valence-corrected chi connectivity index (χ1v) is 5.93. The monoisotopic (exact) mass is 242 g/mol. The average molecular weight is 242 g/mol. The van der Waals surface area contributed by atoms with E-state index < -0.39 is 5.97 Å². The van der Waals surface area contributed by atoms with Gasteiger partial charge in [-0.05, 0) is 12.8 Å². The van der Waals surface area contributed by atoms with E-state index in [0.717, 1.165) is 17.8 Å². The van der Waals surface area contributed by atoms with Crippen LogP contribution in [0.2, 0.25) is 0 Å². The smallest absolute Gasteiger partial charge is 0.347 e. The van der Waals surface area contributed by atoms with E-state index in [2.05, 4.69) is 10.3 Å². The molecule has 2 N–H and O–H groups in total. The summed E-state index contributed by atoms with van der Waals surface area (Å²) in [5.41, 5.74) is 0.518. The first kappa shape index (κ1) is 12.6. The molecule has 0 fully saturated rings. The van der Waals surface area contributed by atoms with Gasteiger partial charge in [0, 0.05) is 6.42 Å². The second-order valence-corrected chi connectivity index (χ2v) is 4.25. The van der Waals surface area contributed by atoms with Gasteiger partial charge in [-0.15, -0.1) is 0 Å². The van der Waals surface area contributed by atoms with Crippen LogP contribution in [0, 0.1) is 0 Å². The number of thiazole rings is 1. The SMILES string of the molecule is CCCC(=O)Nc1nc(CC)c(C(=O)O)s1. The lowest BCUT2D eigenvalue weighted by Gasteiger charge is -1.97. The fourth-order valence-electron chi connectivity index (χ4n) is 1.22. The number of nitrogens with one attached hydrogen (secondary N) is 1. The number of carbonyl (C=O) groups excluding carboxylic acids is 1. The molecule has 0 saturated heterocycles. The second-order valence-electron chi connectivity index (χ2n) is 3.25. The van der Waals surface area contributed by atoms with Crippen molar-refractivity contribution < 1.29 is 14.7 Å². The van der Waals surface area contributed by atoms with E-state index in [-0.39, 0.29) is 10.8 Å². The number of aromatic nitrogens is 1. The van der Waals surface area contributed by atoms with Crippen LogP contribution in [0.15, 0.2) is 0 Å². The van der Waals surface area contributed by atoms with Gasteiger partial charge in [0.05, 0.1) is 5.69 Å². The van der Waals surface area contributed by atoms with E-state index in [0.29, 0.717) is 23.7 Å². The van der Waals surface area contributed by atoms with Crippen molar-refractivity contribution >= 4 is 28.3 Å². The Balaban J connectivity index is 2.82. The maximum atomic E-state index is 11.3. The third-order valence-corrected chi connectivity index (χ3v) is 2.95. The van der Waals surface area contributed by atoms with Gasteiger partial charge in [-0.1, -0.05) is 25.2 Å². The number of amides is 1. The molecular formula is C10H14N2O3S. The molecule has 16 heavy (non-hydrogen) atoms. The molecule has 1 aromatic heterocycles. The number of carboxylic acid groups (broad SMARTS) is 1. The summed E-state index contributed by atoms with van der Waals surface area (Å²) in [4.78, 5) is 26.4. The van der Waals surface area contributed by atoms with Gasteiger partial charge in [0.1, 0.15) is 4.88 Å². The van der Waals surface area contributed by atoms with Crippen molar-refractivity contribution in [1.29, 1.82) is 0 Å². The average Bonchev–Trinajstić information content (AvgIpc) is 2.61. The highest BCUT2D eigenvalue weighted by atomic mass is 32.1. The number of aryl methyl sites for hydroxylation is 1. The maximum absolute atomic E-state index is 11.3. The quantitative estimate of drug-likeness (QED) is 0.829. The van der Waals surface area contributed by atoms with Gasteiger partial charge in [-0.25, -0.2) is 9.78 Å². The zero-order valence-electron chi connectivity index (χ0n) is 9.24. The summed E-state index contributed by atoms with van der Waals surface area (Å²) in [5.74, 6) is -1.12. The molecule has 0 aromatic carbocycles. The van der Waals surface area contributed by atoms with E-state index in [9.17, 15) is 9.59 Å². The zero-order chi connectivity index (χ0) is 12.1. The van der Waals surface area contributed by atoms with E-state index in [1.807, 2.05) is 13.8 Å². The zero-order valence-corrected chi connectivity index (χ0v) is 10.1. The molecule has 5 nitrogen and oxygen atoms in total. The van der Waals surface area contributed by atoms with Gasteiger partial charge >= 0.3 is 5.97 Å². The number of nitrogens with zero attached hydrogens (tertiary/aromatic N) is 1. The van der Waals surface area contributed by atoms with Crippen LogP contribution in [0.25, 0.3) is 0 Å². The summed E-state index contributed by atoms with van der Waals surface area (Å²) in [6.07, 6.45) is 1.72. The Morgan fingerprint density at radius 2 is 2.12 bits per heavy atom. The number of carboxylic acids is 1. The maximum Gasteiger partial charge on any atom is 0.347 e. The van der Waals surface area contributed by atoms with Crippen LogP contribution in [0.3, 0.4) is 0 Å². The number of hydrogen-bond donors (Lipinski definition) is 2. The van der Waals surface area contributed by atoms with Gasteiger partial charge < -0.3 is 10.4 Å². The predicted octanol–water partition coefficient (Wildman–Crippen LogP) is 2.14. The molecule has 0 bridgehead atoms. The van der Waals surface area contributed by atoms with E-state index in [1.54, 1.807) is 0 Å². The number of rotatable bonds is 5. The fourth-order valence-corrected chi connectivity index (χ4v) is 2.13. The normalized spacial score (nSPS) is 10.1. The van der Waals surface area contributed by atoms with Gasteiger partial charge in [-0.2, -0.15) is 0 Å². The largest absolute Gasteiger partial charge is 0.477 e. The summed E-state index contributed by atoms with van der Waals surface area (Å²) in [7, 11) is 0. The molecule has 1 heterocycles. The predicted molar refractivity (Wildman–Crippen MR) is 62.0 cm³/mol. The standard InChI is InChI=1S/C10H14N2O3S/c1-3-5-7(13)12-10-11-6(4-2)8(16-10)9(14)15/h3-5H2,1-2H3,(H,14,15)(H,11,12,13). The van der Waals surface area contributed by atoms with Crippen LogP contribution in [0.5, 0.6) is 0 Å². The van der Waals surface area contributed by atoms with Gasteiger partial charge in [-0.3, -0.25) is 4.79 Å². The number of aromatic carboxylic acids is 1. The second kappa shape index (κ2) is 5.60. The molecule has 88 valence electrons. The molecular weight excluding hydrogens is 228 g/mol. The molecule has 0 spiro atoms. The summed E-state index contributed by atoms with van der Waals surface area (Å²) in [6.45, 7) is 3.74. The number of hydrogen-bond acceptors (Lipinski definition) is 4. The Morgan fingerprint density at radius 1 is 1.44 bits per heavy atom. The Labute approximate surface area is 97.5 Å². The molecule has 0 aliphatic heterocycles. The Kier molecular flexibility index (Phi) is 4.42. The third-order valence-electron chi connectivity index (χ3n) is 1.95. The summed E-state index contributed by atoms with van der Waals surface area (Å²) in [5, 5.41) is 11.9. The van der Waals surface area contributed by atoms with Crippen LogP contribution >= 0.6 is 11.3 Å². The summed E-state index contributed by atoms with van der Waals surface area (Å²) in [6, 6.07) is 0. The molecule has 0 saturated carbocycles. The molecule has 1 aromatic rings. The molecule has 6 heteroatoms. The first-order valence-electron chi connectivity index (χ1n) is 5.11. The van der Waals surface area contributed by atoms with E-state index >= 15 is 0 Å². The van der Waals surface area contributed by atoms with E-state index in [4.69, 9.17) is 5.11 Å². The molecule has 0 radical (unpaired) electrons. The van der Waals surface area contributed by atoms with Gasteiger partial charge in [0.25, 0.3) is 0 Å². The Hall–Kier alpha value is -1.43. The minimum absolute atomic E-state index is 0.129. The minimum Gasteiger partial charge on any atom is -0.477 e. The van der Waals surface area contributed by atoms with Gasteiger partial charge in [0.15, 0.2) is 5.13 Å². The number of anilines is 1. The van der Waals surface area contributed by atoms with Crippen molar-refractivity contribution in [3.8, 4) is 0 Å². The summed E-state index contributed by atoms with van der Waals surface area (Å²) >= 11 is 1.00. The van der Waals surface area contributed by atoms with Crippen molar-refractivity contribution in [2.45, 2.75) is 33.1 Å². The Bertz CT molecular complexity index is 401. The van der Waals surface area contributed by atoms with Crippen LogP contribution in [0.4, 0.5) is 5.13 Å². The topological polar surface area (TPSA) is 79.3 Å². The molecule has 0 aliphatic rings. The van der Waals surface area contributed by atoms with E-state index in [1.165, 1.54) is 0 Å². The molecule has 1 rings (SSSR count). The highest BCUT2D eigenvalue weighted by molar-refractivity contribution is 7.17. The minimum atomic E-state index is -0.995. The lowest BCUT2D eigenvalue weighted by Crippen LogP contribution is -2.10. The molecule has 0 unspecified atom stereocenters. The lowest BCUT2D eigenvalue weighted by atomic mass is 10.3. The van der Waals surface area contributed by atoms with Crippen molar-refractivity contribution in [2.75, 3.05) is 5.32 Å². The highest BCUT2D eigenvalue weighted by Crippen LogP contribution is 2.23. The van der Waals surface area contributed by atoms with Crippen molar-refractivity contribution in [2.24, 2.45) is 0 Å². The van der Waals surface area contributed by atoms with Crippen LogP contribution in [0.1, 0.15) is 42.1 Å². The van der Waals surface area contributed by atoms with Crippen LogP contribution in [-0.4, -0.2) is 22.0 Å². The van der Waals surface area contributed by atoms with Crippen LogP contribution < -0.4 is 5.32 Å². The molecule has 0 atom stereocenters. The van der Waals surface area contributed by atoms with Crippen molar-refractivity contribution in [3.63, 3.8) is 0 Å². The van der Waals surface area contributed by atoms with Gasteiger partial charge in [0.2, 0.25) is 5.91 Å². The first-order chi connectivity index (χ1) is 7.58. The molecule has 1 amide bonds. The molecule has 0 aliphatic carbocycles. The van der Waals surface area contributed by atoms with Crippen molar-refractivity contribution in [1.82, 2.24) is 4.98 Å². The lowest BCUT2D eigenvalue weighted by molar-refractivity contribution is -0.116. The fraction of sp³-hybridized carbons (Fsp3) is 0.500.